The number of methoxy groups -OCH3 is 2. The Balaban J connectivity index is 1.46. The summed E-state index contributed by atoms with van der Waals surface area (Å²) in [6, 6.07) is 14.0. The number of para-hydroxylation sites is 1. The van der Waals surface area contributed by atoms with Gasteiger partial charge in [-0.3, -0.25) is 4.98 Å². The van der Waals surface area contributed by atoms with Crippen molar-refractivity contribution in [1.29, 1.82) is 0 Å². The summed E-state index contributed by atoms with van der Waals surface area (Å²) < 4.78 is 10.8. The van der Waals surface area contributed by atoms with Crippen molar-refractivity contribution in [3.63, 3.8) is 0 Å². The number of H-pyrrole nitrogens is 2. The highest BCUT2D eigenvalue weighted by Gasteiger charge is 2.17. The Bertz CT molecular complexity index is 1540. The highest BCUT2D eigenvalue weighted by molar-refractivity contribution is 7.13. The van der Waals surface area contributed by atoms with E-state index >= 15 is 0 Å². The number of fused-ring (bicyclic) bond motifs is 4. The number of pyridine rings is 1. The normalized spacial score (nSPS) is 11.5. The summed E-state index contributed by atoms with van der Waals surface area (Å²) in [5.74, 6) is 1.99. The third-order valence-electron chi connectivity index (χ3n) is 5.36. The Morgan fingerprint density at radius 1 is 0.871 bits per heavy atom. The molecule has 0 saturated carbocycles. The minimum atomic E-state index is 0.641. The van der Waals surface area contributed by atoms with Crippen molar-refractivity contribution in [1.82, 2.24) is 24.9 Å². The number of aromatic nitrogens is 5. The highest BCUT2D eigenvalue weighted by atomic mass is 32.1. The van der Waals surface area contributed by atoms with Crippen molar-refractivity contribution in [2.75, 3.05) is 14.2 Å². The van der Waals surface area contributed by atoms with E-state index < -0.39 is 0 Å². The second-order valence-electron chi connectivity index (χ2n) is 7.10. The Labute approximate surface area is 180 Å². The van der Waals surface area contributed by atoms with E-state index in [-0.39, 0.29) is 0 Å². The molecule has 0 radical (unpaired) electrons. The maximum Gasteiger partial charge on any atom is 0.167 e. The lowest BCUT2D eigenvalue weighted by Gasteiger charge is -2.06. The fourth-order valence-electron chi connectivity index (χ4n) is 3.90. The first-order valence-corrected chi connectivity index (χ1v) is 10.6. The molecule has 6 aromatic rings. The molecule has 2 aromatic carbocycles. The van der Waals surface area contributed by atoms with Crippen LogP contribution >= 0.6 is 11.3 Å². The summed E-state index contributed by atoms with van der Waals surface area (Å²) in [7, 11) is 3.23. The predicted octanol–water partition coefficient (Wildman–Crippen LogP) is 5.40. The van der Waals surface area contributed by atoms with Crippen molar-refractivity contribution >= 4 is 44.2 Å². The largest absolute Gasteiger partial charge is 0.493 e. The van der Waals surface area contributed by atoms with Gasteiger partial charge >= 0.3 is 0 Å². The number of ether oxygens (including phenoxy) is 2. The monoisotopic (exact) mass is 427 g/mol. The van der Waals surface area contributed by atoms with Gasteiger partial charge in [-0.05, 0) is 12.1 Å². The van der Waals surface area contributed by atoms with Crippen molar-refractivity contribution in [2.24, 2.45) is 0 Å². The van der Waals surface area contributed by atoms with Gasteiger partial charge in [-0.1, -0.05) is 18.2 Å². The van der Waals surface area contributed by atoms with Gasteiger partial charge < -0.3 is 19.4 Å². The van der Waals surface area contributed by atoms with E-state index in [1.165, 1.54) is 16.7 Å². The lowest BCUT2D eigenvalue weighted by Crippen LogP contribution is -1.89. The molecule has 8 heteroatoms. The van der Waals surface area contributed by atoms with Crippen molar-refractivity contribution in [3.8, 4) is 33.7 Å². The molecule has 2 N–H and O–H groups in total. The molecule has 0 aliphatic rings. The van der Waals surface area contributed by atoms with Crippen LogP contribution in [0.2, 0.25) is 0 Å². The first-order valence-electron chi connectivity index (χ1n) is 9.68. The van der Waals surface area contributed by atoms with E-state index in [2.05, 4.69) is 27.1 Å². The van der Waals surface area contributed by atoms with E-state index in [4.69, 9.17) is 19.4 Å². The van der Waals surface area contributed by atoms with Crippen LogP contribution in [-0.2, 0) is 0 Å². The zero-order valence-corrected chi connectivity index (χ0v) is 17.6. The first-order chi connectivity index (χ1) is 15.2. The number of nitrogens with zero attached hydrogens (tertiary/aromatic N) is 3. The van der Waals surface area contributed by atoms with Crippen LogP contribution in [-0.4, -0.2) is 39.1 Å². The molecule has 0 spiro atoms. The molecular formula is C23H17N5O2S. The first kappa shape index (κ1) is 17.9. The van der Waals surface area contributed by atoms with Gasteiger partial charge in [0.25, 0.3) is 0 Å². The number of hydrogen-bond donors (Lipinski definition) is 2. The van der Waals surface area contributed by atoms with Gasteiger partial charge in [0.2, 0.25) is 0 Å². The van der Waals surface area contributed by atoms with E-state index in [0.29, 0.717) is 17.3 Å². The van der Waals surface area contributed by atoms with Crippen molar-refractivity contribution in [2.45, 2.75) is 0 Å². The summed E-state index contributed by atoms with van der Waals surface area (Å²) in [5.41, 5.74) is 5.37. The van der Waals surface area contributed by atoms with Gasteiger partial charge in [0.05, 0.1) is 30.8 Å². The van der Waals surface area contributed by atoms with Crippen LogP contribution in [0, 0.1) is 0 Å². The van der Waals surface area contributed by atoms with Gasteiger partial charge in [-0.25, -0.2) is 9.97 Å². The van der Waals surface area contributed by atoms with E-state index in [0.717, 1.165) is 43.8 Å². The smallest absolute Gasteiger partial charge is 0.167 e. The van der Waals surface area contributed by atoms with Crippen LogP contribution in [0.3, 0.4) is 0 Å². The predicted molar refractivity (Wildman–Crippen MR) is 123 cm³/mol. The average molecular weight is 427 g/mol. The minimum absolute atomic E-state index is 0.641. The van der Waals surface area contributed by atoms with Crippen LogP contribution in [0.5, 0.6) is 11.5 Å². The lowest BCUT2D eigenvalue weighted by atomic mass is 10.1. The molecule has 4 heterocycles. The molecule has 4 aromatic heterocycles. The number of aromatic amines is 2. The summed E-state index contributed by atoms with van der Waals surface area (Å²) in [4.78, 5) is 21.0. The molecular weight excluding hydrogens is 410 g/mol. The zero-order valence-electron chi connectivity index (χ0n) is 16.8. The minimum Gasteiger partial charge on any atom is -0.493 e. The summed E-state index contributed by atoms with van der Waals surface area (Å²) in [5, 5.41) is 5.12. The van der Waals surface area contributed by atoms with Gasteiger partial charge in [-0.2, -0.15) is 0 Å². The van der Waals surface area contributed by atoms with E-state index in [9.17, 15) is 0 Å². The molecule has 0 fully saturated rings. The number of benzene rings is 2. The lowest BCUT2D eigenvalue weighted by molar-refractivity contribution is 0.356. The molecule has 7 nitrogen and oxygen atoms in total. The summed E-state index contributed by atoms with van der Waals surface area (Å²) >= 11 is 1.53. The third kappa shape index (κ3) is 2.76. The zero-order chi connectivity index (χ0) is 20.9. The fourth-order valence-corrected chi connectivity index (χ4v) is 4.64. The molecule has 152 valence electrons. The SMILES string of the molecule is COc1cc2nc(-c3nc(-c4nccc5c4[nH]c4ccccc45)cs3)[nH]c2cc1OC. The van der Waals surface area contributed by atoms with Crippen LogP contribution in [0.1, 0.15) is 0 Å². The molecule has 0 bridgehead atoms. The number of rotatable bonds is 4. The topological polar surface area (TPSA) is 88.7 Å². The van der Waals surface area contributed by atoms with E-state index in [1.807, 2.05) is 41.9 Å². The van der Waals surface area contributed by atoms with Crippen LogP contribution in [0.4, 0.5) is 0 Å². The van der Waals surface area contributed by atoms with Gasteiger partial charge in [0.1, 0.15) is 11.4 Å². The maximum atomic E-state index is 5.39. The molecule has 0 aliphatic heterocycles. The molecule has 0 amide bonds. The summed E-state index contributed by atoms with van der Waals surface area (Å²) in [6.07, 6.45) is 1.83. The molecule has 6 rings (SSSR count). The van der Waals surface area contributed by atoms with Crippen LogP contribution < -0.4 is 9.47 Å². The number of imidazole rings is 1. The molecule has 0 atom stereocenters. The standard InChI is InChI=1S/C23H17N5O2S/c1-29-18-9-15-16(10-19(18)30-2)27-22(26-15)23-28-17(11-31-23)21-20-13(7-8-24-21)12-5-3-4-6-14(12)25-20/h3-11,25H,1-2H3,(H,26,27). The Hall–Kier alpha value is -3.91. The average Bonchev–Trinajstić information content (AvgIpc) is 3.53. The highest BCUT2D eigenvalue weighted by Crippen LogP contribution is 2.35. The second-order valence-corrected chi connectivity index (χ2v) is 7.96. The van der Waals surface area contributed by atoms with Gasteiger partial charge in [0.15, 0.2) is 22.3 Å². The number of hydrogen-bond acceptors (Lipinski definition) is 6. The van der Waals surface area contributed by atoms with Crippen LogP contribution in [0.25, 0.3) is 55.1 Å². The molecule has 0 aliphatic carbocycles. The maximum absolute atomic E-state index is 5.39. The Kier molecular flexibility index (Phi) is 3.94. The Morgan fingerprint density at radius 3 is 2.58 bits per heavy atom. The van der Waals surface area contributed by atoms with Gasteiger partial charge in [0, 0.05) is 40.0 Å². The molecule has 31 heavy (non-hydrogen) atoms. The third-order valence-corrected chi connectivity index (χ3v) is 6.21. The van der Waals surface area contributed by atoms with Gasteiger partial charge in [-0.15, -0.1) is 11.3 Å². The van der Waals surface area contributed by atoms with E-state index in [1.54, 1.807) is 14.2 Å². The number of nitrogens with one attached hydrogen (secondary N) is 2. The second kappa shape index (κ2) is 6.82. The Morgan fingerprint density at radius 2 is 1.71 bits per heavy atom. The van der Waals surface area contributed by atoms with Crippen LogP contribution in [0.15, 0.2) is 54.0 Å². The van der Waals surface area contributed by atoms with Crippen molar-refractivity contribution in [3.05, 3.63) is 54.0 Å². The molecule has 0 unspecified atom stereocenters. The summed E-state index contributed by atoms with van der Waals surface area (Å²) in [6.45, 7) is 0. The fraction of sp³-hybridized carbons (Fsp3) is 0.0870. The molecule has 0 saturated heterocycles. The quantitative estimate of drug-likeness (QED) is 0.393. The number of thiazole rings is 1. The van der Waals surface area contributed by atoms with Crippen molar-refractivity contribution < 1.29 is 9.47 Å².